The van der Waals surface area contributed by atoms with E-state index in [-0.39, 0.29) is 0 Å². The highest BCUT2D eigenvalue weighted by Gasteiger charge is 2.14. The lowest BCUT2D eigenvalue weighted by Crippen LogP contribution is -1.99. The van der Waals surface area contributed by atoms with Crippen LogP contribution in [0.15, 0.2) is 0 Å². The van der Waals surface area contributed by atoms with Crippen molar-refractivity contribution in [1.29, 1.82) is 0 Å². The molecule has 0 spiro atoms. The van der Waals surface area contributed by atoms with Gasteiger partial charge in [-0.3, -0.25) is 0 Å². The second-order valence-electron chi connectivity index (χ2n) is 4.47. The van der Waals surface area contributed by atoms with E-state index >= 15 is 0 Å². The quantitative estimate of drug-likeness (QED) is 0.585. The van der Waals surface area contributed by atoms with E-state index in [1.54, 1.807) is 0 Å². The van der Waals surface area contributed by atoms with E-state index in [4.69, 9.17) is 0 Å². The van der Waals surface area contributed by atoms with Crippen LogP contribution in [0.2, 0.25) is 0 Å². The predicted octanol–water partition coefficient (Wildman–Crippen LogP) is 4.91. The van der Waals surface area contributed by atoms with E-state index in [2.05, 4.69) is 22.9 Å². The van der Waals surface area contributed by atoms with Crippen LogP contribution in [0.1, 0.15) is 64.7 Å². The number of hydrogen-bond acceptors (Lipinski definition) is 0. The molecule has 1 unspecified atom stereocenters. The van der Waals surface area contributed by atoms with Crippen LogP contribution in [0.3, 0.4) is 0 Å². The lowest BCUT2D eigenvalue weighted by molar-refractivity contribution is 0.468. The molecule has 0 saturated heterocycles. The summed E-state index contributed by atoms with van der Waals surface area (Å²) < 4.78 is 0. The maximum atomic E-state index is 3.75. The molecule has 0 aromatic carbocycles. The summed E-state index contributed by atoms with van der Waals surface area (Å²) in [7, 11) is 0. The van der Waals surface area contributed by atoms with Crippen molar-refractivity contribution < 1.29 is 0 Å². The summed E-state index contributed by atoms with van der Waals surface area (Å²) in [4.78, 5) is 0.791. The Morgan fingerprint density at radius 1 is 1.23 bits per heavy atom. The minimum atomic E-state index is 0.791. The van der Waals surface area contributed by atoms with Crippen LogP contribution >= 0.6 is 15.9 Å². The number of rotatable bonds is 6. The SMILES string of the molecule is CCCC(Br)CCCC1CCCC1. The van der Waals surface area contributed by atoms with Crippen LogP contribution in [0.4, 0.5) is 0 Å². The van der Waals surface area contributed by atoms with Crippen molar-refractivity contribution in [3.63, 3.8) is 0 Å². The van der Waals surface area contributed by atoms with Crippen LogP contribution in [0.25, 0.3) is 0 Å². The maximum Gasteiger partial charge on any atom is 0.0145 e. The van der Waals surface area contributed by atoms with E-state index in [0.29, 0.717) is 0 Å². The molecule has 1 fully saturated rings. The highest BCUT2D eigenvalue weighted by Crippen LogP contribution is 2.29. The standard InChI is InChI=1S/C12H23Br/c1-2-6-12(13)10-5-9-11-7-3-4-8-11/h11-12H,2-10H2,1H3. The zero-order chi connectivity index (χ0) is 9.52. The van der Waals surface area contributed by atoms with E-state index < -0.39 is 0 Å². The Bertz CT molecular complexity index is 116. The third-order valence-corrected chi connectivity index (χ3v) is 4.12. The first kappa shape index (κ1) is 11.6. The topological polar surface area (TPSA) is 0 Å². The van der Waals surface area contributed by atoms with Gasteiger partial charge in [-0.25, -0.2) is 0 Å². The van der Waals surface area contributed by atoms with Crippen molar-refractivity contribution >= 4 is 15.9 Å². The molecule has 13 heavy (non-hydrogen) atoms. The summed E-state index contributed by atoms with van der Waals surface area (Å²) in [5.74, 6) is 1.08. The summed E-state index contributed by atoms with van der Waals surface area (Å²) >= 11 is 3.75. The fourth-order valence-electron chi connectivity index (χ4n) is 2.38. The number of halogens is 1. The van der Waals surface area contributed by atoms with Crippen LogP contribution < -0.4 is 0 Å². The Hall–Kier alpha value is 0.480. The summed E-state index contributed by atoms with van der Waals surface area (Å²) in [6.07, 6.45) is 13.0. The molecule has 0 aliphatic heterocycles. The molecule has 0 N–H and O–H groups in total. The van der Waals surface area contributed by atoms with Crippen molar-refractivity contribution in [2.75, 3.05) is 0 Å². The molecule has 0 nitrogen and oxygen atoms in total. The van der Waals surface area contributed by atoms with E-state index in [1.807, 2.05) is 0 Å². The molecule has 78 valence electrons. The molecule has 1 saturated carbocycles. The van der Waals surface area contributed by atoms with E-state index in [1.165, 1.54) is 57.8 Å². The zero-order valence-corrected chi connectivity index (χ0v) is 10.5. The molecule has 0 aromatic heterocycles. The highest BCUT2D eigenvalue weighted by molar-refractivity contribution is 9.09. The van der Waals surface area contributed by atoms with E-state index in [9.17, 15) is 0 Å². The van der Waals surface area contributed by atoms with Crippen LogP contribution in [-0.2, 0) is 0 Å². The second-order valence-corrected chi connectivity index (χ2v) is 5.76. The zero-order valence-electron chi connectivity index (χ0n) is 8.90. The fourth-order valence-corrected chi connectivity index (χ4v) is 3.17. The Morgan fingerprint density at radius 2 is 1.92 bits per heavy atom. The Morgan fingerprint density at radius 3 is 2.54 bits per heavy atom. The molecule has 1 aliphatic rings. The molecule has 0 radical (unpaired) electrons. The molecule has 1 atom stereocenters. The maximum absolute atomic E-state index is 3.75. The monoisotopic (exact) mass is 246 g/mol. The molecule has 1 aliphatic carbocycles. The predicted molar refractivity (Wildman–Crippen MR) is 63.4 cm³/mol. The van der Waals surface area contributed by atoms with Gasteiger partial charge >= 0.3 is 0 Å². The molecule has 1 heteroatoms. The number of alkyl halides is 1. The smallest absolute Gasteiger partial charge is 0.0145 e. The van der Waals surface area contributed by atoms with Crippen molar-refractivity contribution in [1.82, 2.24) is 0 Å². The van der Waals surface area contributed by atoms with Crippen molar-refractivity contribution in [2.24, 2.45) is 5.92 Å². The third kappa shape index (κ3) is 5.05. The van der Waals surface area contributed by atoms with Gasteiger partial charge in [0.25, 0.3) is 0 Å². The Kier molecular flexibility index (Phi) is 6.10. The van der Waals surface area contributed by atoms with Crippen molar-refractivity contribution in [2.45, 2.75) is 69.5 Å². The Balaban J connectivity index is 1.93. The lowest BCUT2D eigenvalue weighted by Gasteiger charge is -2.11. The fraction of sp³-hybridized carbons (Fsp3) is 1.00. The van der Waals surface area contributed by atoms with Gasteiger partial charge in [-0.15, -0.1) is 0 Å². The minimum absolute atomic E-state index is 0.791. The summed E-state index contributed by atoms with van der Waals surface area (Å²) in [6.45, 7) is 2.27. The molecular formula is C12H23Br. The average Bonchev–Trinajstić information content (AvgIpc) is 2.57. The first-order chi connectivity index (χ1) is 6.33. The average molecular weight is 247 g/mol. The van der Waals surface area contributed by atoms with Gasteiger partial charge in [-0.05, 0) is 18.8 Å². The summed E-state index contributed by atoms with van der Waals surface area (Å²) in [5, 5.41) is 0. The van der Waals surface area contributed by atoms with Gasteiger partial charge < -0.3 is 0 Å². The minimum Gasteiger partial charge on any atom is -0.0891 e. The summed E-state index contributed by atoms with van der Waals surface area (Å²) in [6, 6.07) is 0. The van der Waals surface area contributed by atoms with Gasteiger partial charge in [0, 0.05) is 4.83 Å². The Labute approximate surface area is 91.6 Å². The highest BCUT2D eigenvalue weighted by atomic mass is 79.9. The molecule has 0 aromatic rings. The van der Waals surface area contributed by atoms with Crippen LogP contribution in [-0.4, -0.2) is 4.83 Å². The molecular weight excluding hydrogens is 224 g/mol. The number of hydrogen-bond donors (Lipinski definition) is 0. The van der Waals surface area contributed by atoms with Crippen molar-refractivity contribution in [3.05, 3.63) is 0 Å². The van der Waals surface area contributed by atoms with Crippen molar-refractivity contribution in [3.8, 4) is 0 Å². The lowest BCUT2D eigenvalue weighted by atomic mass is 9.99. The van der Waals surface area contributed by atoms with Gasteiger partial charge in [-0.2, -0.15) is 0 Å². The molecule has 1 rings (SSSR count). The normalized spacial score (nSPS) is 20.8. The second kappa shape index (κ2) is 6.86. The molecule has 0 heterocycles. The van der Waals surface area contributed by atoms with Gasteiger partial charge in [0.15, 0.2) is 0 Å². The molecule has 0 amide bonds. The first-order valence-corrected chi connectivity index (χ1v) is 6.88. The van der Waals surface area contributed by atoms with Crippen LogP contribution in [0, 0.1) is 5.92 Å². The van der Waals surface area contributed by atoms with Gasteiger partial charge in [0.05, 0.1) is 0 Å². The van der Waals surface area contributed by atoms with Gasteiger partial charge in [0.1, 0.15) is 0 Å². The summed E-state index contributed by atoms with van der Waals surface area (Å²) in [5.41, 5.74) is 0. The largest absolute Gasteiger partial charge is 0.0891 e. The molecule has 0 bridgehead atoms. The van der Waals surface area contributed by atoms with E-state index in [0.717, 1.165) is 10.7 Å². The first-order valence-electron chi connectivity index (χ1n) is 5.97. The van der Waals surface area contributed by atoms with Gasteiger partial charge in [-0.1, -0.05) is 67.8 Å². The third-order valence-electron chi connectivity index (χ3n) is 3.21. The van der Waals surface area contributed by atoms with Crippen LogP contribution in [0.5, 0.6) is 0 Å². The van der Waals surface area contributed by atoms with Gasteiger partial charge in [0.2, 0.25) is 0 Å².